The Labute approximate surface area is 167 Å². The summed E-state index contributed by atoms with van der Waals surface area (Å²) in [5.74, 6) is -1.85. The maximum Gasteiger partial charge on any atom is 0.329 e. The summed E-state index contributed by atoms with van der Waals surface area (Å²) in [5.41, 5.74) is -1.36. The molecule has 0 saturated heterocycles. The lowest BCUT2D eigenvalue weighted by Crippen LogP contribution is -2.44. The molecule has 0 heterocycles. The SMILES string of the molecule is CCOC(=O)CCCC(=O)NC(CCC(=O)OC(C)(C)C)C(=O)OC(C)(C)C. The fourth-order valence-corrected chi connectivity index (χ4v) is 2.17. The first-order valence-electron chi connectivity index (χ1n) is 9.63. The van der Waals surface area contributed by atoms with Crippen molar-refractivity contribution < 1.29 is 33.4 Å². The van der Waals surface area contributed by atoms with Gasteiger partial charge in [-0.05, 0) is 61.3 Å². The molecule has 0 fully saturated rings. The Morgan fingerprint density at radius 3 is 1.89 bits per heavy atom. The molecule has 0 aliphatic carbocycles. The summed E-state index contributed by atoms with van der Waals surface area (Å²) < 4.78 is 15.4. The zero-order valence-corrected chi connectivity index (χ0v) is 18.2. The smallest absolute Gasteiger partial charge is 0.329 e. The number of esters is 3. The van der Waals surface area contributed by atoms with Crippen molar-refractivity contribution in [2.24, 2.45) is 0 Å². The van der Waals surface area contributed by atoms with Crippen LogP contribution in [0.3, 0.4) is 0 Å². The first-order valence-corrected chi connectivity index (χ1v) is 9.63. The molecule has 8 nitrogen and oxygen atoms in total. The van der Waals surface area contributed by atoms with Crippen LogP contribution in [0.1, 0.15) is 80.6 Å². The van der Waals surface area contributed by atoms with Crippen molar-refractivity contribution in [3.63, 3.8) is 0 Å². The van der Waals surface area contributed by atoms with Crippen molar-refractivity contribution in [3.05, 3.63) is 0 Å². The van der Waals surface area contributed by atoms with Crippen LogP contribution in [0.4, 0.5) is 0 Å². The zero-order valence-electron chi connectivity index (χ0n) is 18.2. The molecule has 1 N–H and O–H groups in total. The highest BCUT2D eigenvalue weighted by Gasteiger charge is 2.28. The van der Waals surface area contributed by atoms with Crippen LogP contribution in [0.2, 0.25) is 0 Å². The minimum absolute atomic E-state index is 0.0374. The molecule has 162 valence electrons. The van der Waals surface area contributed by atoms with Gasteiger partial charge in [0.15, 0.2) is 0 Å². The van der Waals surface area contributed by atoms with E-state index in [0.717, 1.165) is 0 Å². The monoisotopic (exact) mass is 401 g/mol. The van der Waals surface area contributed by atoms with E-state index in [9.17, 15) is 19.2 Å². The molecule has 0 radical (unpaired) electrons. The fraction of sp³-hybridized carbons (Fsp3) is 0.800. The number of hydrogen-bond donors (Lipinski definition) is 1. The van der Waals surface area contributed by atoms with Gasteiger partial charge < -0.3 is 19.5 Å². The number of hydrogen-bond acceptors (Lipinski definition) is 7. The Morgan fingerprint density at radius 2 is 1.39 bits per heavy atom. The second-order valence-electron chi connectivity index (χ2n) is 8.44. The number of carbonyl (C=O) groups excluding carboxylic acids is 4. The standard InChI is InChI=1S/C20H35NO7/c1-8-26-16(23)11-9-10-15(22)21-14(18(25)28-20(5,6)7)12-13-17(24)27-19(2,3)4/h14H,8-13H2,1-7H3,(H,21,22). The first-order chi connectivity index (χ1) is 12.7. The molecule has 1 atom stereocenters. The van der Waals surface area contributed by atoms with Gasteiger partial charge in [0.1, 0.15) is 17.2 Å². The molecule has 0 aromatic heterocycles. The van der Waals surface area contributed by atoms with Crippen LogP contribution >= 0.6 is 0 Å². The summed E-state index contributed by atoms with van der Waals surface area (Å²) in [7, 11) is 0. The van der Waals surface area contributed by atoms with Gasteiger partial charge in [-0.2, -0.15) is 0 Å². The second kappa shape index (κ2) is 11.7. The minimum atomic E-state index is -0.971. The lowest BCUT2D eigenvalue weighted by Gasteiger charge is -2.25. The highest BCUT2D eigenvalue weighted by atomic mass is 16.6. The normalized spacial score (nSPS) is 12.7. The van der Waals surface area contributed by atoms with Crippen LogP contribution in [0.15, 0.2) is 0 Å². The molecular weight excluding hydrogens is 366 g/mol. The average molecular weight is 402 g/mol. The Bertz CT molecular complexity index is 544. The molecular formula is C20H35NO7. The zero-order chi connectivity index (χ0) is 22.0. The third-order valence-corrected chi connectivity index (χ3v) is 3.17. The van der Waals surface area contributed by atoms with Crippen molar-refractivity contribution in [1.29, 1.82) is 0 Å². The summed E-state index contributed by atoms with van der Waals surface area (Å²) in [5, 5.41) is 2.59. The van der Waals surface area contributed by atoms with Crippen LogP contribution in [0.25, 0.3) is 0 Å². The van der Waals surface area contributed by atoms with Gasteiger partial charge in [-0.25, -0.2) is 4.79 Å². The van der Waals surface area contributed by atoms with E-state index < -0.39 is 35.1 Å². The Balaban J connectivity index is 4.76. The topological polar surface area (TPSA) is 108 Å². The van der Waals surface area contributed by atoms with Gasteiger partial charge in [0.05, 0.1) is 6.61 Å². The lowest BCUT2D eigenvalue weighted by atomic mass is 10.1. The highest BCUT2D eigenvalue weighted by molar-refractivity contribution is 5.85. The van der Waals surface area contributed by atoms with Gasteiger partial charge in [-0.1, -0.05) is 0 Å². The molecule has 0 aliphatic rings. The lowest BCUT2D eigenvalue weighted by molar-refractivity contribution is -0.160. The van der Waals surface area contributed by atoms with Crippen molar-refractivity contribution in [3.8, 4) is 0 Å². The predicted octanol–water partition coefficient (Wildman–Crippen LogP) is 2.67. The Kier molecular flexibility index (Phi) is 10.8. The van der Waals surface area contributed by atoms with Crippen LogP contribution in [0.5, 0.6) is 0 Å². The van der Waals surface area contributed by atoms with Crippen molar-refractivity contribution >= 4 is 23.8 Å². The molecule has 1 amide bonds. The van der Waals surface area contributed by atoms with E-state index in [4.69, 9.17) is 14.2 Å². The number of nitrogens with one attached hydrogen (secondary N) is 1. The Hall–Kier alpha value is -2.12. The highest BCUT2D eigenvalue weighted by Crippen LogP contribution is 2.14. The Morgan fingerprint density at radius 1 is 0.821 bits per heavy atom. The molecule has 0 aromatic carbocycles. The van der Waals surface area contributed by atoms with Gasteiger partial charge in [-0.15, -0.1) is 0 Å². The second-order valence-corrected chi connectivity index (χ2v) is 8.44. The molecule has 8 heteroatoms. The molecule has 1 unspecified atom stereocenters. The number of amides is 1. The van der Waals surface area contributed by atoms with Crippen molar-refractivity contribution in [2.75, 3.05) is 6.61 Å². The quantitative estimate of drug-likeness (QED) is 0.443. The van der Waals surface area contributed by atoms with Gasteiger partial charge >= 0.3 is 17.9 Å². The molecule has 0 aliphatic heterocycles. The van der Waals surface area contributed by atoms with E-state index in [1.165, 1.54) is 0 Å². The first kappa shape index (κ1) is 25.9. The van der Waals surface area contributed by atoms with Crippen LogP contribution in [-0.4, -0.2) is 47.7 Å². The van der Waals surface area contributed by atoms with E-state index in [0.29, 0.717) is 6.42 Å². The number of rotatable bonds is 10. The number of carbonyl (C=O) groups is 4. The average Bonchev–Trinajstić information content (AvgIpc) is 2.48. The van der Waals surface area contributed by atoms with Gasteiger partial charge in [0, 0.05) is 19.3 Å². The summed E-state index contributed by atoms with van der Waals surface area (Å²) in [6.45, 7) is 12.4. The third kappa shape index (κ3) is 14.0. The van der Waals surface area contributed by atoms with Crippen molar-refractivity contribution in [2.45, 2.75) is 97.8 Å². The largest absolute Gasteiger partial charge is 0.466 e. The van der Waals surface area contributed by atoms with Crippen LogP contribution in [-0.2, 0) is 33.4 Å². The maximum absolute atomic E-state index is 12.4. The van der Waals surface area contributed by atoms with Gasteiger partial charge in [0.25, 0.3) is 0 Å². The van der Waals surface area contributed by atoms with Crippen LogP contribution in [0, 0.1) is 0 Å². The fourth-order valence-electron chi connectivity index (χ4n) is 2.17. The third-order valence-electron chi connectivity index (χ3n) is 3.17. The molecule has 0 bridgehead atoms. The summed E-state index contributed by atoms with van der Waals surface area (Å²) in [4.78, 5) is 47.8. The van der Waals surface area contributed by atoms with E-state index in [2.05, 4.69) is 5.32 Å². The molecule has 0 rings (SSSR count). The van der Waals surface area contributed by atoms with Crippen molar-refractivity contribution in [1.82, 2.24) is 5.32 Å². The predicted molar refractivity (Wildman–Crippen MR) is 103 cm³/mol. The number of ether oxygens (including phenoxy) is 3. The maximum atomic E-state index is 12.4. The minimum Gasteiger partial charge on any atom is -0.466 e. The van der Waals surface area contributed by atoms with Gasteiger partial charge in [-0.3, -0.25) is 14.4 Å². The van der Waals surface area contributed by atoms with E-state index in [-0.39, 0.29) is 38.3 Å². The summed E-state index contributed by atoms with van der Waals surface area (Å²) in [6, 6.07) is -0.971. The summed E-state index contributed by atoms with van der Waals surface area (Å²) in [6.07, 6.45) is 0.510. The molecule has 0 spiro atoms. The van der Waals surface area contributed by atoms with E-state index in [1.54, 1.807) is 48.5 Å². The molecule has 0 saturated carbocycles. The van der Waals surface area contributed by atoms with E-state index in [1.807, 2.05) is 0 Å². The van der Waals surface area contributed by atoms with Gasteiger partial charge in [0.2, 0.25) is 5.91 Å². The molecule has 0 aromatic rings. The van der Waals surface area contributed by atoms with E-state index >= 15 is 0 Å². The van der Waals surface area contributed by atoms with Crippen LogP contribution < -0.4 is 5.32 Å². The molecule has 28 heavy (non-hydrogen) atoms. The summed E-state index contributed by atoms with van der Waals surface area (Å²) >= 11 is 0.